The zero-order chi connectivity index (χ0) is 16.3. The lowest BCUT2D eigenvalue weighted by Gasteiger charge is -2.35. The number of amides is 1. The summed E-state index contributed by atoms with van der Waals surface area (Å²) in [7, 11) is 0. The minimum Gasteiger partial charge on any atom is -0.481 e. The molecule has 7 heteroatoms. The number of nitrogens with zero attached hydrogens (tertiary/aromatic N) is 1. The SMILES string of the molecule is O=C(O)CCC1CCCCN1C(=O)c1cc(F)c(F)cc1F. The molecule has 0 bridgehead atoms. The Morgan fingerprint density at radius 2 is 1.82 bits per heavy atom. The number of carboxylic acids is 1. The summed E-state index contributed by atoms with van der Waals surface area (Å²) in [6.45, 7) is 0.349. The molecule has 0 aliphatic carbocycles. The summed E-state index contributed by atoms with van der Waals surface area (Å²) in [5.41, 5.74) is -0.527. The monoisotopic (exact) mass is 315 g/mol. The number of carbonyl (C=O) groups excluding carboxylic acids is 1. The Bertz CT molecular complexity index is 592. The molecular formula is C15H16F3NO3. The highest BCUT2D eigenvalue weighted by Crippen LogP contribution is 2.24. The first-order valence-electron chi connectivity index (χ1n) is 7.07. The largest absolute Gasteiger partial charge is 0.481 e. The number of hydrogen-bond donors (Lipinski definition) is 1. The van der Waals surface area contributed by atoms with Crippen LogP contribution in [0.15, 0.2) is 12.1 Å². The minimum atomic E-state index is -1.35. The molecule has 22 heavy (non-hydrogen) atoms. The van der Waals surface area contributed by atoms with E-state index in [0.29, 0.717) is 31.5 Å². The second kappa shape index (κ2) is 6.81. The van der Waals surface area contributed by atoms with Crippen LogP contribution in [0, 0.1) is 17.5 Å². The predicted molar refractivity (Wildman–Crippen MR) is 71.9 cm³/mol. The van der Waals surface area contributed by atoms with E-state index in [1.54, 1.807) is 0 Å². The highest BCUT2D eigenvalue weighted by molar-refractivity contribution is 5.94. The van der Waals surface area contributed by atoms with E-state index in [2.05, 4.69) is 0 Å². The van der Waals surface area contributed by atoms with E-state index in [-0.39, 0.29) is 18.9 Å². The third-order valence-corrected chi connectivity index (χ3v) is 3.82. The first-order chi connectivity index (χ1) is 10.4. The van der Waals surface area contributed by atoms with Crippen molar-refractivity contribution in [1.82, 2.24) is 4.90 Å². The van der Waals surface area contributed by atoms with E-state index in [0.717, 1.165) is 6.42 Å². The van der Waals surface area contributed by atoms with E-state index in [1.807, 2.05) is 0 Å². The third-order valence-electron chi connectivity index (χ3n) is 3.82. The van der Waals surface area contributed by atoms with E-state index in [9.17, 15) is 22.8 Å². The predicted octanol–water partition coefficient (Wildman–Crippen LogP) is 2.96. The molecule has 1 aliphatic heterocycles. The molecule has 1 aromatic carbocycles. The van der Waals surface area contributed by atoms with Crippen molar-refractivity contribution in [2.75, 3.05) is 6.54 Å². The molecule has 1 fully saturated rings. The van der Waals surface area contributed by atoms with Crippen molar-refractivity contribution in [1.29, 1.82) is 0 Å². The number of likely N-dealkylation sites (tertiary alicyclic amines) is 1. The number of carboxylic acid groups (broad SMARTS) is 1. The summed E-state index contributed by atoms with van der Waals surface area (Å²) in [6.07, 6.45) is 2.32. The van der Waals surface area contributed by atoms with Gasteiger partial charge in [0.05, 0.1) is 5.56 Å². The van der Waals surface area contributed by atoms with E-state index in [4.69, 9.17) is 5.11 Å². The molecule has 1 heterocycles. The molecule has 2 rings (SSSR count). The van der Waals surface area contributed by atoms with Crippen molar-refractivity contribution in [3.63, 3.8) is 0 Å². The normalized spacial score (nSPS) is 18.3. The Kier molecular flexibility index (Phi) is 5.05. The first-order valence-corrected chi connectivity index (χ1v) is 7.07. The topological polar surface area (TPSA) is 57.6 Å². The fraction of sp³-hybridized carbons (Fsp3) is 0.467. The van der Waals surface area contributed by atoms with Gasteiger partial charge in [0.1, 0.15) is 5.82 Å². The van der Waals surface area contributed by atoms with Crippen LogP contribution in [-0.2, 0) is 4.79 Å². The lowest BCUT2D eigenvalue weighted by atomic mass is 9.96. The molecule has 1 aromatic rings. The van der Waals surface area contributed by atoms with Crippen molar-refractivity contribution in [2.45, 2.75) is 38.1 Å². The Labute approximate surface area is 125 Å². The molecule has 0 radical (unpaired) electrons. The highest BCUT2D eigenvalue weighted by Gasteiger charge is 2.30. The van der Waals surface area contributed by atoms with E-state index < -0.39 is 34.9 Å². The van der Waals surface area contributed by atoms with Gasteiger partial charge in [0.25, 0.3) is 5.91 Å². The van der Waals surface area contributed by atoms with Gasteiger partial charge < -0.3 is 10.0 Å². The van der Waals surface area contributed by atoms with Crippen molar-refractivity contribution >= 4 is 11.9 Å². The van der Waals surface area contributed by atoms with Gasteiger partial charge in [-0.05, 0) is 31.7 Å². The molecule has 0 spiro atoms. The van der Waals surface area contributed by atoms with Gasteiger partial charge in [-0.2, -0.15) is 0 Å². The number of hydrogen-bond acceptors (Lipinski definition) is 2. The van der Waals surface area contributed by atoms with Crippen molar-refractivity contribution in [2.24, 2.45) is 0 Å². The van der Waals surface area contributed by atoms with Gasteiger partial charge in [-0.1, -0.05) is 0 Å². The molecule has 1 amide bonds. The van der Waals surface area contributed by atoms with Gasteiger partial charge in [-0.25, -0.2) is 13.2 Å². The Morgan fingerprint density at radius 3 is 2.50 bits per heavy atom. The van der Waals surface area contributed by atoms with Crippen LogP contribution in [0.4, 0.5) is 13.2 Å². The van der Waals surface area contributed by atoms with Gasteiger partial charge in [0.15, 0.2) is 11.6 Å². The maximum absolute atomic E-state index is 13.7. The molecule has 4 nitrogen and oxygen atoms in total. The fourth-order valence-corrected chi connectivity index (χ4v) is 2.70. The van der Waals surface area contributed by atoms with Crippen LogP contribution < -0.4 is 0 Å². The molecule has 1 unspecified atom stereocenters. The average molecular weight is 315 g/mol. The summed E-state index contributed by atoms with van der Waals surface area (Å²) in [4.78, 5) is 24.4. The molecule has 1 atom stereocenters. The van der Waals surface area contributed by atoms with E-state index in [1.165, 1.54) is 4.90 Å². The average Bonchev–Trinajstić information content (AvgIpc) is 2.48. The quantitative estimate of drug-likeness (QED) is 0.869. The lowest BCUT2D eigenvalue weighted by Crippen LogP contribution is -2.44. The van der Waals surface area contributed by atoms with Crippen molar-refractivity contribution in [3.05, 3.63) is 35.1 Å². The number of halogens is 3. The Balaban J connectivity index is 2.21. The standard InChI is InChI=1S/C15H16F3NO3/c16-11-8-13(18)12(17)7-10(11)15(22)19-6-2-1-3-9(19)4-5-14(20)21/h7-9H,1-6H2,(H,20,21). The maximum atomic E-state index is 13.7. The highest BCUT2D eigenvalue weighted by atomic mass is 19.2. The molecule has 1 saturated heterocycles. The van der Waals surface area contributed by atoms with Gasteiger partial charge >= 0.3 is 5.97 Å². The molecular weight excluding hydrogens is 299 g/mol. The number of rotatable bonds is 4. The lowest BCUT2D eigenvalue weighted by molar-refractivity contribution is -0.137. The van der Waals surface area contributed by atoms with Crippen molar-refractivity contribution in [3.8, 4) is 0 Å². The van der Waals surface area contributed by atoms with E-state index >= 15 is 0 Å². The molecule has 1 N–H and O–H groups in total. The molecule has 0 aromatic heterocycles. The maximum Gasteiger partial charge on any atom is 0.303 e. The minimum absolute atomic E-state index is 0.102. The zero-order valence-electron chi connectivity index (χ0n) is 11.8. The van der Waals surface area contributed by atoms with Crippen LogP contribution in [0.3, 0.4) is 0 Å². The second-order valence-corrected chi connectivity index (χ2v) is 5.33. The van der Waals surface area contributed by atoms with Crippen LogP contribution in [0.25, 0.3) is 0 Å². The van der Waals surface area contributed by atoms with Gasteiger partial charge in [-0.3, -0.25) is 9.59 Å². The van der Waals surface area contributed by atoms with Crippen LogP contribution in [0.2, 0.25) is 0 Å². The summed E-state index contributed by atoms with van der Waals surface area (Å²) < 4.78 is 39.9. The zero-order valence-corrected chi connectivity index (χ0v) is 11.8. The molecule has 0 saturated carbocycles. The van der Waals surface area contributed by atoms with Gasteiger partial charge in [-0.15, -0.1) is 0 Å². The first kappa shape index (κ1) is 16.3. The fourth-order valence-electron chi connectivity index (χ4n) is 2.70. The molecule has 120 valence electrons. The number of carbonyl (C=O) groups is 2. The smallest absolute Gasteiger partial charge is 0.303 e. The van der Waals surface area contributed by atoms with Gasteiger partial charge in [0, 0.05) is 25.1 Å². The Morgan fingerprint density at radius 1 is 1.14 bits per heavy atom. The summed E-state index contributed by atoms with van der Waals surface area (Å²) in [6, 6.07) is 0.569. The summed E-state index contributed by atoms with van der Waals surface area (Å²) >= 11 is 0. The third kappa shape index (κ3) is 3.58. The van der Waals surface area contributed by atoms with Crippen LogP contribution in [0.1, 0.15) is 42.5 Å². The summed E-state index contributed by atoms with van der Waals surface area (Å²) in [5.74, 6) is -5.46. The van der Waals surface area contributed by atoms with Crippen LogP contribution in [-0.4, -0.2) is 34.5 Å². The summed E-state index contributed by atoms with van der Waals surface area (Å²) in [5, 5.41) is 8.74. The number of benzene rings is 1. The molecule has 1 aliphatic rings. The Hall–Kier alpha value is -2.05. The number of aliphatic carboxylic acids is 1. The van der Waals surface area contributed by atoms with Crippen molar-refractivity contribution < 1.29 is 27.9 Å². The number of piperidine rings is 1. The van der Waals surface area contributed by atoms with Crippen LogP contribution >= 0.6 is 0 Å². The van der Waals surface area contributed by atoms with Crippen LogP contribution in [0.5, 0.6) is 0 Å². The second-order valence-electron chi connectivity index (χ2n) is 5.33. The van der Waals surface area contributed by atoms with Gasteiger partial charge in [0.2, 0.25) is 0 Å².